The maximum absolute atomic E-state index is 10.8. The molecule has 2 atom stereocenters. The van der Waals surface area contributed by atoms with Gasteiger partial charge in [-0.25, -0.2) is 9.00 Å². The lowest BCUT2D eigenvalue weighted by atomic mass is 10.1. The first-order valence-corrected chi connectivity index (χ1v) is 5.05. The first-order chi connectivity index (χ1) is 6.65. The Morgan fingerprint density at radius 3 is 2.43 bits per heavy atom. The van der Waals surface area contributed by atoms with Crippen LogP contribution in [0.15, 0.2) is 29.3 Å². The highest BCUT2D eigenvalue weighted by molar-refractivity contribution is 7.79. The summed E-state index contributed by atoms with van der Waals surface area (Å²) in [6.45, 7) is 1.90. The van der Waals surface area contributed by atoms with Crippen molar-refractivity contribution in [3.63, 3.8) is 0 Å². The van der Waals surface area contributed by atoms with E-state index in [9.17, 15) is 9.00 Å². The molecule has 0 aliphatic carbocycles. The lowest BCUT2D eigenvalue weighted by Crippen LogP contribution is -2.02. The largest absolute Gasteiger partial charge is 0.304 e. The molecule has 0 aliphatic heterocycles. The van der Waals surface area contributed by atoms with E-state index in [0.29, 0.717) is 5.56 Å². The van der Waals surface area contributed by atoms with Crippen LogP contribution in [-0.2, 0) is 15.9 Å². The zero-order chi connectivity index (χ0) is 10.6. The van der Waals surface area contributed by atoms with Gasteiger partial charge in [-0.15, -0.1) is 0 Å². The number of isocyanates is 1. The van der Waals surface area contributed by atoms with Gasteiger partial charge in [0, 0.05) is 0 Å². The molecule has 0 bridgehead atoms. The monoisotopic (exact) mass is 211 g/mol. The van der Waals surface area contributed by atoms with Crippen LogP contribution in [0, 0.1) is 6.92 Å². The number of aliphatic imine (C=N–C) groups is 1. The highest BCUT2D eigenvalue weighted by Crippen LogP contribution is 2.19. The van der Waals surface area contributed by atoms with E-state index >= 15 is 0 Å². The van der Waals surface area contributed by atoms with Crippen molar-refractivity contribution in [2.24, 2.45) is 4.99 Å². The second-order valence-corrected chi connectivity index (χ2v) is 3.76. The summed E-state index contributed by atoms with van der Waals surface area (Å²) in [4.78, 5) is 13.3. The van der Waals surface area contributed by atoms with E-state index in [2.05, 4.69) is 4.99 Å². The van der Waals surface area contributed by atoms with Crippen molar-refractivity contribution in [2.45, 2.75) is 12.3 Å². The number of benzene rings is 1. The lowest BCUT2D eigenvalue weighted by Gasteiger charge is -2.05. The van der Waals surface area contributed by atoms with Gasteiger partial charge < -0.3 is 4.55 Å². The third kappa shape index (κ3) is 2.60. The summed E-state index contributed by atoms with van der Waals surface area (Å²) in [6.07, 6.45) is 1.28. The Bertz CT molecular complexity index is 380. The van der Waals surface area contributed by atoms with Gasteiger partial charge in [0.2, 0.25) is 6.08 Å². The van der Waals surface area contributed by atoms with Gasteiger partial charge in [-0.05, 0) is 12.5 Å². The Balaban J connectivity index is 3.05. The van der Waals surface area contributed by atoms with Crippen LogP contribution in [0.25, 0.3) is 0 Å². The fourth-order valence-corrected chi connectivity index (χ4v) is 1.54. The zero-order valence-electron chi connectivity index (χ0n) is 7.51. The SMILES string of the molecule is Cc1ccc(C(N=C=O)S(=O)O)cc1. The molecular weight excluding hydrogens is 202 g/mol. The number of hydrogen-bond donors (Lipinski definition) is 1. The molecule has 74 valence electrons. The molecule has 1 aromatic carbocycles. The second kappa shape index (κ2) is 4.81. The van der Waals surface area contributed by atoms with Gasteiger partial charge in [0.05, 0.1) is 0 Å². The third-order valence-electron chi connectivity index (χ3n) is 1.72. The van der Waals surface area contributed by atoms with Crippen LogP contribution in [0.3, 0.4) is 0 Å². The minimum atomic E-state index is -2.19. The molecule has 2 unspecified atom stereocenters. The molecule has 0 aromatic heterocycles. The van der Waals surface area contributed by atoms with Gasteiger partial charge >= 0.3 is 0 Å². The molecule has 0 saturated carbocycles. The van der Waals surface area contributed by atoms with E-state index in [4.69, 9.17) is 4.55 Å². The second-order valence-electron chi connectivity index (χ2n) is 2.76. The first kappa shape index (κ1) is 10.8. The van der Waals surface area contributed by atoms with Gasteiger partial charge in [-0.1, -0.05) is 29.8 Å². The molecule has 0 heterocycles. The fraction of sp³-hybridized carbons (Fsp3) is 0.222. The van der Waals surface area contributed by atoms with Crippen molar-refractivity contribution in [2.75, 3.05) is 0 Å². The summed E-state index contributed by atoms with van der Waals surface area (Å²) in [6, 6.07) is 6.90. The smallest absolute Gasteiger partial charge is 0.236 e. The molecule has 5 heteroatoms. The quantitative estimate of drug-likeness (QED) is 0.468. The minimum Gasteiger partial charge on any atom is -0.304 e. The Labute approximate surface area is 84.0 Å². The van der Waals surface area contributed by atoms with Crippen molar-refractivity contribution >= 4 is 17.2 Å². The molecular formula is C9H9NO3S. The fourth-order valence-electron chi connectivity index (χ4n) is 1.01. The average Bonchev–Trinajstić information content (AvgIpc) is 2.15. The van der Waals surface area contributed by atoms with Crippen molar-refractivity contribution < 1.29 is 13.6 Å². The van der Waals surface area contributed by atoms with Crippen molar-refractivity contribution in [3.8, 4) is 0 Å². The molecule has 1 N–H and O–H groups in total. The molecule has 1 rings (SSSR count). The standard InChI is InChI=1S/C9H9NO3S/c1-7-2-4-8(5-3-7)9(10-6-11)14(12)13/h2-5,9H,1H3,(H,12,13). The number of rotatable bonds is 3. The summed E-state index contributed by atoms with van der Waals surface area (Å²) in [5.74, 6) is 0. The van der Waals surface area contributed by atoms with Crippen LogP contribution >= 0.6 is 0 Å². The Morgan fingerprint density at radius 2 is 2.00 bits per heavy atom. The van der Waals surface area contributed by atoms with E-state index in [-0.39, 0.29) is 0 Å². The number of nitrogens with zero attached hydrogens (tertiary/aromatic N) is 1. The Kier molecular flexibility index (Phi) is 3.71. The van der Waals surface area contributed by atoms with Crippen molar-refractivity contribution in [1.82, 2.24) is 0 Å². The maximum atomic E-state index is 10.8. The Hall–Kier alpha value is -1.29. The van der Waals surface area contributed by atoms with Gasteiger partial charge in [-0.2, -0.15) is 4.99 Å². The molecule has 0 amide bonds. The molecule has 0 radical (unpaired) electrons. The van der Waals surface area contributed by atoms with Crippen LogP contribution in [0.2, 0.25) is 0 Å². The van der Waals surface area contributed by atoms with Crippen molar-refractivity contribution in [3.05, 3.63) is 35.4 Å². The minimum absolute atomic E-state index is 0.528. The van der Waals surface area contributed by atoms with E-state index in [0.717, 1.165) is 5.56 Å². The molecule has 0 aliphatic rings. The number of aryl methyl sites for hydroxylation is 1. The zero-order valence-corrected chi connectivity index (χ0v) is 8.32. The molecule has 0 spiro atoms. The van der Waals surface area contributed by atoms with E-state index in [1.807, 2.05) is 6.92 Å². The van der Waals surface area contributed by atoms with E-state index in [1.165, 1.54) is 6.08 Å². The molecule has 0 fully saturated rings. The van der Waals surface area contributed by atoms with Crippen LogP contribution in [0.4, 0.5) is 0 Å². The molecule has 0 saturated heterocycles. The first-order valence-electron chi connectivity index (χ1n) is 3.88. The predicted octanol–water partition coefficient (Wildman–Crippen LogP) is 1.55. The number of carbonyl (C=O) groups excluding carboxylic acids is 1. The third-order valence-corrected chi connectivity index (χ3v) is 2.48. The van der Waals surface area contributed by atoms with Crippen LogP contribution in [-0.4, -0.2) is 14.8 Å². The topological polar surface area (TPSA) is 66.7 Å². The average molecular weight is 211 g/mol. The summed E-state index contributed by atoms with van der Waals surface area (Å²) in [5.41, 5.74) is 1.56. The van der Waals surface area contributed by atoms with Gasteiger partial charge in [-0.3, -0.25) is 0 Å². The summed E-state index contributed by atoms with van der Waals surface area (Å²) >= 11 is -2.19. The number of hydrogen-bond acceptors (Lipinski definition) is 3. The summed E-state index contributed by atoms with van der Waals surface area (Å²) < 4.78 is 19.7. The van der Waals surface area contributed by atoms with Crippen LogP contribution in [0.1, 0.15) is 16.5 Å². The molecule has 1 aromatic rings. The van der Waals surface area contributed by atoms with Gasteiger partial charge in [0.1, 0.15) is 0 Å². The highest BCUT2D eigenvalue weighted by Gasteiger charge is 2.15. The predicted molar refractivity (Wildman–Crippen MR) is 52.8 cm³/mol. The summed E-state index contributed by atoms with van der Waals surface area (Å²) in [7, 11) is 0. The highest BCUT2D eigenvalue weighted by atomic mass is 32.2. The maximum Gasteiger partial charge on any atom is 0.236 e. The normalized spacial score (nSPS) is 14.1. The summed E-state index contributed by atoms with van der Waals surface area (Å²) in [5, 5.41) is -1.03. The van der Waals surface area contributed by atoms with E-state index in [1.54, 1.807) is 24.3 Å². The molecule has 4 nitrogen and oxygen atoms in total. The van der Waals surface area contributed by atoms with Gasteiger partial charge in [0.25, 0.3) is 0 Å². The van der Waals surface area contributed by atoms with Gasteiger partial charge in [0.15, 0.2) is 16.5 Å². The lowest BCUT2D eigenvalue weighted by molar-refractivity contribution is 0.543. The Morgan fingerprint density at radius 1 is 1.43 bits per heavy atom. The molecule has 14 heavy (non-hydrogen) atoms. The van der Waals surface area contributed by atoms with Crippen LogP contribution in [0.5, 0.6) is 0 Å². The van der Waals surface area contributed by atoms with Crippen LogP contribution < -0.4 is 0 Å². The van der Waals surface area contributed by atoms with Crippen molar-refractivity contribution in [1.29, 1.82) is 0 Å². The van der Waals surface area contributed by atoms with E-state index < -0.39 is 16.5 Å².